The van der Waals surface area contributed by atoms with Gasteiger partial charge in [0.1, 0.15) is 12.4 Å². The molecule has 1 amide bonds. The Bertz CT molecular complexity index is 1330. The van der Waals surface area contributed by atoms with Crippen LogP contribution in [0.2, 0.25) is 10.0 Å². The number of rotatable bonds is 8. The van der Waals surface area contributed by atoms with Gasteiger partial charge in [-0.2, -0.15) is 0 Å². The van der Waals surface area contributed by atoms with E-state index in [0.29, 0.717) is 50.5 Å². The van der Waals surface area contributed by atoms with Crippen LogP contribution in [0.15, 0.2) is 70.6 Å². The van der Waals surface area contributed by atoms with E-state index in [1.165, 1.54) is 23.9 Å². The van der Waals surface area contributed by atoms with E-state index in [9.17, 15) is 9.18 Å². The number of hydrogen-bond acceptors (Lipinski definition) is 5. The maximum atomic E-state index is 13.2. The summed E-state index contributed by atoms with van der Waals surface area (Å²) in [7, 11) is 0. The fourth-order valence-corrected chi connectivity index (χ4v) is 4.97. The molecule has 1 fully saturated rings. The number of benzene rings is 3. The molecule has 186 valence electrons. The normalized spacial score (nSPS) is 15.7. The van der Waals surface area contributed by atoms with Crippen LogP contribution in [0.3, 0.4) is 0 Å². The van der Waals surface area contributed by atoms with Gasteiger partial charge in [-0.3, -0.25) is 9.69 Å². The number of ether oxygens (including phenoxy) is 2. The van der Waals surface area contributed by atoms with Crippen molar-refractivity contribution >= 4 is 57.8 Å². The first kappa shape index (κ1) is 26.1. The van der Waals surface area contributed by atoms with E-state index in [2.05, 4.69) is 4.99 Å². The highest BCUT2D eigenvalue weighted by Gasteiger charge is 2.32. The molecule has 0 atom stereocenters. The van der Waals surface area contributed by atoms with Gasteiger partial charge in [-0.25, -0.2) is 9.38 Å². The van der Waals surface area contributed by atoms with Crippen molar-refractivity contribution in [3.05, 3.63) is 92.6 Å². The standard InChI is InChI=1S/C27H23Cl2FN2O3S/c1-3-32-26(33)25(36-27(32)31-21-10-8-20(30)9-11-21)14-17-5-12-23(24(13-17)34-4-2)35-16-18-6-7-19(28)15-22(18)29/h5-15H,3-4,16H2,1-2H3/b25-14+,31-27?. The van der Waals surface area contributed by atoms with E-state index in [0.717, 1.165) is 11.1 Å². The molecular weight excluding hydrogens is 522 g/mol. The highest BCUT2D eigenvalue weighted by atomic mass is 35.5. The first-order valence-electron chi connectivity index (χ1n) is 11.3. The lowest BCUT2D eigenvalue weighted by Crippen LogP contribution is -2.28. The molecule has 0 N–H and O–H groups in total. The predicted octanol–water partition coefficient (Wildman–Crippen LogP) is 7.73. The molecule has 0 unspecified atom stereocenters. The van der Waals surface area contributed by atoms with Crippen molar-refractivity contribution < 1.29 is 18.7 Å². The van der Waals surface area contributed by atoms with E-state index in [-0.39, 0.29) is 18.3 Å². The Hall–Kier alpha value is -3.00. The third kappa shape index (κ3) is 6.22. The number of likely N-dealkylation sites (N-methyl/N-ethyl adjacent to an activating group) is 1. The van der Waals surface area contributed by atoms with Gasteiger partial charge in [-0.05, 0) is 85.8 Å². The van der Waals surface area contributed by atoms with Crippen LogP contribution in [0.25, 0.3) is 6.08 Å². The minimum atomic E-state index is -0.337. The Morgan fingerprint density at radius 3 is 2.47 bits per heavy atom. The minimum Gasteiger partial charge on any atom is -0.490 e. The number of thioether (sulfide) groups is 1. The molecule has 1 aliphatic heterocycles. The molecule has 1 heterocycles. The molecule has 0 spiro atoms. The van der Waals surface area contributed by atoms with Crippen LogP contribution < -0.4 is 9.47 Å². The van der Waals surface area contributed by atoms with Crippen molar-refractivity contribution in [1.29, 1.82) is 0 Å². The van der Waals surface area contributed by atoms with E-state index in [4.69, 9.17) is 32.7 Å². The number of nitrogens with zero attached hydrogens (tertiary/aromatic N) is 2. The zero-order chi connectivity index (χ0) is 25.7. The summed E-state index contributed by atoms with van der Waals surface area (Å²) in [6.45, 7) is 4.93. The predicted molar refractivity (Wildman–Crippen MR) is 145 cm³/mol. The van der Waals surface area contributed by atoms with Crippen LogP contribution in [0, 0.1) is 5.82 Å². The second-order valence-corrected chi connectivity index (χ2v) is 9.55. The Labute approximate surface area is 223 Å². The van der Waals surface area contributed by atoms with E-state index in [1.54, 1.807) is 41.3 Å². The Kier molecular flexibility index (Phi) is 8.56. The molecule has 1 saturated heterocycles. The van der Waals surface area contributed by atoms with Crippen molar-refractivity contribution in [1.82, 2.24) is 4.90 Å². The van der Waals surface area contributed by atoms with Crippen LogP contribution in [0.4, 0.5) is 10.1 Å². The van der Waals surface area contributed by atoms with Gasteiger partial charge in [-0.1, -0.05) is 35.3 Å². The van der Waals surface area contributed by atoms with Crippen molar-refractivity contribution in [2.75, 3.05) is 13.2 Å². The minimum absolute atomic E-state index is 0.140. The van der Waals surface area contributed by atoms with Crippen LogP contribution in [-0.4, -0.2) is 29.1 Å². The molecule has 9 heteroatoms. The molecule has 0 radical (unpaired) electrons. The third-order valence-electron chi connectivity index (χ3n) is 5.22. The Balaban J connectivity index is 1.56. The summed E-state index contributed by atoms with van der Waals surface area (Å²) < 4.78 is 25.0. The van der Waals surface area contributed by atoms with Crippen LogP contribution in [-0.2, 0) is 11.4 Å². The zero-order valence-corrected chi connectivity index (χ0v) is 22.0. The molecule has 1 aliphatic rings. The molecule has 0 bridgehead atoms. The summed E-state index contributed by atoms with van der Waals surface area (Å²) in [5.41, 5.74) is 2.16. The Morgan fingerprint density at radius 1 is 1.00 bits per heavy atom. The monoisotopic (exact) mass is 544 g/mol. The van der Waals surface area contributed by atoms with Gasteiger partial charge < -0.3 is 9.47 Å². The van der Waals surface area contributed by atoms with Gasteiger partial charge in [0.05, 0.1) is 17.2 Å². The molecular formula is C27H23Cl2FN2O3S. The summed E-state index contributed by atoms with van der Waals surface area (Å²) >= 11 is 13.5. The largest absolute Gasteiger partial charge is 0.490 e. The molecule has 0 aliphatic carbocycles. The summed E-state index contributed by atoms with van der Waals surface area (Å²) in [4.78, 5) is 19.7. The highest BCUT2D eigenvalue weighted by Crippen LogP contribution is 2.36. The highest BCUT2D eigenvalue weighted by molar-refractivity contribution is 8.18. The van der Waals surface area contributed by atoms with Crippen LogP contribution in [0.1, 0.15) is 25.0 Å². The lowest BCUT2D eigenvalue weighted by atomic mass is 10.1. The van der Waals surface area contributed by atoms with Gasteiger partial charge in [-0.15, -0.1) is 0 Å². The molecule has 0 saturated carbocycles. The SMILES string of the molecule is CCOc1cc(/C=C2/SC(=Nc3ccc(F)cc3)N(CC)C2=O)ccc1OCc1ccc(Cl)cc1Cl. The summed E-state index contributed by atoms with van der Waals surface area (Å²) in [5.74, 6) is 0.638. The van der Waals surface area contributed by atoms with E-state index < -0.39 is 0 Å². The second kappa shape index (κ2) is 11.8. The number of hydrogen-bond donors (Lipinski definition) is 0. The summed E-state index contributed by atoms with van der Waals surface area (Å²) in [6, 6.07) is 16.6. The zero-order valence-electron chi connectivity index (χ0n) is 19.6. The number of halogens is 3. The maximum absolute atomic E-state index is 13.2. The molecule has 3 aromatic rings. The lowest BCUT2D eigenvalue weighted by molar-refractivity contribution is -0.122. The van der Waals surface area contributed by atoms with Crippen LogP contribution in [0.5, 0.6) is 11.5 Å². The number of aliphatic imine (C=N–C) groups is 1. The lowest BCUT2D eigenvalue weighted by Gasteiger charge is -2.13. The third-order valence-corrected chi connectivity index (χ3v) is 6.81. The molecule has 3 aromatic carbocycles. The van der Waals surface area contributed by atoms with Gasteiger partial charge in [0.2, 0.25) is 0 Å². The number of carbonyl (C=O) groups excluding carboxylic acids is 1. The Morgan fingerprint density at radius 2 is 1.78 bits per heavy atom. The molecule has 5 nitrogen and oxygen atoms in total. The second-order valence-electron chi connectivity index (χ2n) is 7.69. The first-order chi connectivity index (χ1) is 17.4. The smallest absolute Gasteiger partial charge is 0.266 e. The van der Waals surface area contributed by atoms with Gasteiger partial charge in [0.15, 0.2) is 16.7 Å². The number of amides is 1. The fraction of sp³-hybridized carbons (Fsp3) is 0.185. The van der Waals surface area contributed by atoms with Gasteiger partial charge in [0, 0.05) is 22.2 Å². The van der Waals surface area contributed by atoms with E-state index >= 15 is 0 Å². The number of amidine groups is 1. The van der Waals surface area contributed by atoms with Crippen molar-refractivity contribution in [2.45, 2.75) is 20.5 Å². The summed E-state index contributed by atoms with van der Waals surface area (Å²) in [6.07, 6.45) is 1.80. The van der Waals surface area contributed by atoms with Crippen molar-refractivity contribution in [3.63, 3.8) is 0 Å². The molecule has 36 heavy (non-hydrogen) atoms. The van der Waals surface area contributed by atoms with Crippen LogP contribution >= 0.6 is 35.0 Å². The van der Waals surface area contributed by atoms with Crippen molar-refractivity contribution in [3.8, 4) is 11.5 Å². The number of carbonyl (C=O) groups is 1. The van der Waals surface area contributed by atoms with Gasteiger partial charge >= 0.3 is 0 Å². The fourth-order valence-electron chi connectivity index (χ4n) is 3.44. The average Bonchev–Trinajstić information content (AvgIpc) is 3.14. The molecule has 0 aromatic heterocycles. The van der Waals surface area contributed by atoms with Crippen molar-refractivity contribution in [2.24, 2.45) is 4.99 Å². The van der Waals surface area contributed by atoms with Gasteiger partial charge in [0.25, 0.3) is 5.91 Å². The maximum Gasteiger partial charge on any atom is 0.266 e. The average molecular weight is 545 g/mol. The van der Waals surface area contributed by atoms with E-state index in [1.807, 2.05) is 32.0 Å². The summed E-state index contributed by atoms with van der Waals surface area (Å²) in [5, 5.41) is 1.63. The molecule has 4 rings (SSSR count). The quantitative estimate of drug-likeness (QED) is 0.272. The topological polar surface area (TPSA) is 51.1 Å². The first-order valence-corrected chi connectivity index (χ1v) is 12.8.